The average Bonchev–Trinajstić information content (AvgIpc) is 3.12. The van der Waals surface area contributed by atoms with Gasteiger partial charge in [-0.15, -0.1) is 0 Å². The molecular formula is C34H58O14. The first-order valence-corrected chi connectivity index (χ1v) is 17.1. The van der Waals surface area contributed by atoms with E-state index in [0.29, 0.717) is 144 Å². The van der Waals surface area contributed by atoms with Gasteiger partial charge in [-0.3, -0.25) is 0 Å². The number of rotatable bonds is 35. The topological polar surface area (TPSA) is 137 Å². The van der Waals surface area contributed by atoms with Crippen molar-refractivity contribution in [3.8, 4) is 0 Å². The first kappa shape index (κ1) is 42.4. The van der Waals surface area contributed by atoms with Crippen LogP contribution in [-0.4, -0.2) is 164 Å². The van der Waals surface area contributed by atoms with Gasteiger partial charge >= 0.3 is 5.97 Å². The third-order valence-corrected chi connectivity index (χ3v) is 6.49. The fraction of sp³-hybridized carbons (Fsp3) is 0.794. The van der Waals surface area contributed by atoms with Crippen LogP contribution in [0.2, 0.25) is 0 Å². The van der Waals surface area contributed by atoms with Gasteiger partial charge in [-0.1, -0.05) is 18.2 Å². The Bertz CT molecular complexity index is 812. The number of hydrogen-bond acceptors (Lipinski definition) is 14. The zero-order chi connectivity index (χ0) is 33.8. The summed E-state index contributed by atoms with van der Waals surface area (Å²) in [4.78, 5) is 11.8. The Hall–Kier alpha value is -1.79. The summed E-state index contributed by atoms with van der Waals surface area (Å²) in [7, 11) is 0. The molecule has 48 heavy (non-hydrogen) atoms. The first-order valence-electron chi connectivity index (χ1n) is 17.1. The normalized spacial score (nSPS) is 14.8. The van der Waals surface area contributed by atoms with Crippen LogP contribution in [0.25, 0.3) is 0 Å². The Kier molecular flexibility index (Phi) is 29.7. The average molecular weight is 691 g/mol. The summed E-state index contributed by atoms with van der Waals surface area (Å²) in [5, 5.41) is 0. The minimum Gasteiger partial charge on any atom is -0.460 e. The van der Waals surface area contributed by atoms with Crippen molar-refractivity contribution < 1.29 is 66.4 Å². The van der Waals surface area contributed by atoms with Crippen LogP contribution >= 0.6 is 0 Å². The van der Waals surface area contributed by atoms with Crippen LogP contribution in [-0.2, 0) is 61.6 Å². The standard InChI is InChI=1S/C34H58O14/c35-34(32-6-2-1-3-7-32)48-31-29-45-27-25-43-23-21-41-19-17-39-15-13-37-11-10-36-12-14-38-16-18-40-20-22-42-24-26-44-28-30-47-33-8-4-5-9-46-33/h1-3,6-7,33H,4-5,8-31H2. The highest BCUT2D eigenvalue weighted by Crippen LogP contribution is 2.13. The van der Waals surface area contributed by atoms with Crippen LogP contribution < -0.4 is 0 Å². The molecule has 0 aromatic heterocycles. The van der Waals surface area contributed by atoms with Crippen LogP contribution in [0.15, 0.2) is 30.3 Å². The summed E-state index contributed by atoms with van der Waals surface area (Å²) >= 11 is 0. The maximum atomic E-state index is 11.8. The van der Waals surface area contributed by atoms with E-state index in [1.807, 2.05) is 6.07 Å². The van der Waals surface area contributed by atoms with Gasteiger partial charge in [0, 0.05) is 6.61 Å². The van der Waals surface area contributed by atoms with Gasteiger partial charge < -0.3 is 61.6 Å². The molecule has 0 saturated carbocycles. The minimum atomic E-state index is -0.356. The number of carbonyl (C=O) groups is 1. The molecule has 0 spiro atoms. The smallest absolute Gasteiger partial charge is 0.338 e. The summed E-state index contributed by atoms with van der Waals surface area (Å²) in [6.07, 6.45) is 3.18. The van der Waals surface area contributed by atoms with E-state index < -0.39 is 0 Å². The van der Waals surface area contributed by atoms with Crippen molar-refractivity contribution in [2.75, 3.05) is 152 Å². The Balaban J connectivity index is 1.14. The molecule has 0 N–H and O–H groups in total. The number of hydrogen-bond donors (Lipinski definition) is 0. The summed E-state index contributed by atoms with van der Waals surface area (Å²) in [5.74, 6) is -0.356. The Labute approximate surface area is 285 Å². The van der Waals surface area contributed by atoms with Crippen molar-refractivity contribution in [2.45, 2.75) is 25.6 Å². The molecule has 14 nitrogen and oxygen atoms in total. The third kappa shape index (κ3) is 27.1. The molecule has 0 amide bonds. The molecule has 1 atom stereocenters. The molecule has 1 aliphatic heterocycles. The van der Waals surface area contributed by atoms with Crippen molar-refractivity contribution in [3.05, 3.63) is 35.9 Å². The van der Waals surface area contributed by atoms with Gasteiger partial charge in [0.05, 0.1) is 144 Å². The Morgan fingerprint density at radius 1 is 0.479 bits per heavy atom. The molecule has 0 aliphatic carbocycles. The Morgan fingerprint density at radius 3 is 1.19 bits per heavy atom. The molecule has 1 saturated heterocycles. The quantitative estimate of drug-likeness (QED) is 0.0762. The molecule has 1 aromatic carbocycles. The summed E-state index contributed by atoms with van der Waals surface area (Å²) in [6.45, 7) is 11.3. The number of ether oxygens (including phenoxy) is 13. The molecule has 1 fully saturated rings. The zero-order valence-corrected chi connectivity index (χ0v) is 28.6. The van der Waals surface area contributed by atoms with Gasteiger partial charge in [-0.2, -0.15) is 0 Å². The lowest BCUT2D eigenvalue weighted by Crippen LogP contribution is -2.24. The van der Waals surface area contributed by atoms with E-state index in [1.165, 1.54) is 0 Å². The van der Waals surface area contributed by atoms with E-state index in [0.717, 1.165) is 25.9 Å². The van der Waals surface area contributed by atoms with E-state index in [1.54, 1.807) is 24.3 Å². The minimum absolute atomic E-state index is 0.0697. The van der Waals surface area contributed by atoms with Crippen molar-refractivity contribution in [1.82, 2.24) is 0 Å². The highest BCUT2D eigenvalue weighted by atomic mass is 16.7. The monoisotopic (exact) mass is 690 g/mol. The van der Waals surface area contributed by atoms with Crippen molar-refractivity contribution in [2.24, 2.45) is 0 Å². The fourth-order valence-electron chi connectivity index (χ4n) is 4.01. The summed E-state index contributed by atoms with van der Waals surface area (Å²) < 4.78 is 70.9. The van der Waals surface area contributed by atoms with E-state index >= 15 is 0 Å². The van der Waals surface area contributed by atoms with Crippen LogP contribution in [0.5, 0.6) is 0 Å². The van der Waals surface area contributed by atoms with E-state index in [2.05, 4.69) is 0 Å². The SMILES string of the molecule is O=C(OCCOCCOCCOCCOCCOCCOCCOCCOCCOCCOCCOC1CCCCO1)c1ccccc1. The fourth-order valence-corrected chi connectivity index (χ4v) is 4.01. The highest BCUT2D eigenvalue weighted by Gasteiger charge is 2.13. The van der Waals surface area contributed by atoms with E-state index in [9.17, 15) is 4.79 Å². The Morgan fingerprint density at radius 2 is 0.833 bits per heavy atom. The van der Waals surface area contributed by atoms with Gasteiger partial charge in [0.2, 0.25) is 0 Å². The van der Waals surface area contributed by atoms with Gasteiger partial charge in [0.25, 0.3) is 0 Å². The maximum absolute atomic E-state index is 11.8. The van der Waals surface area contributed by atoms with Gasteiger partial charge in [-0.05, 0) is 31.4 Å². The molecule has 1 unspecified atom stereocenters. The second kappa shape index (κ2) is 33.7. The lowest BCUT2D eigenvalue weighted by molar-refractivity contribution is -0.169. The molecule has 2 rings (SSSR count). The van der Waals surface area contributed by atoms with Crippen molar-refractivity contribution in [1.29, 1.82) is 0 Å². The van der Waals surface area contributed by atoms with Gasteiger partial charge in [0.15, 0.2) is 6.29 Å². The number of benzene rings is 1. The highest BCUT2D eigenvalue weighted by molar-refractivity contribution is 5.89. The number of carbonyl (C=O) groups excluding carboxylic acids is 1. The second-order valence-electron chi connectivity index (χ2n) is 10.3. The molecule has 0 radical (unpaired) electrons. The largest absolute Gasteiger partial charge is 0.460 e. The zero-order valence-electron chi connectivity index (χ0n) is 28.6. The van der Waals surface area contributed by atoms with E-state index in [4.69, 9.17) is 61.6 Å². The number of esters is 1. The van der Waals surface area contributed by atoms with E-state index in [-0.39, 0.29) is 18.9 Å². The lowest BCUT2D eigenvalue weighted by Gasteiger charge is -2.22. The maximum Gasteiger partial charge on any atom is 0.338 e. The predicted molar refractivity (Wildman–Crippen MR) is 174 cm³/mol. The molecular weight excluding hydrogens is 632 g/mol. The van der Waals surface area contributed by atoms with Crippen LogP contribution in [0, 0.1) is 0 Å². The molecule has 14 heteroatoms. The first-order chi connectivity index (χ1) is 23.9. The van der Waals surface area contributed by atoms with Crippen LogP contribution in [0.3, 0.4) is 0 Å². The van der Waals surface area contributed by atoms with Crippen molar-refractivity contribution >= 4 is 5.97 Å². The van der Waals surface area contributed by atoms with Crippen LogP contribution in [0.1, 0.15) is 29.6 Å². The molecule has 0 bridgehead atoms. The second-order valence-corrected chi connectivity index (χ2v) is 10.3. The molecule has 1 aliphatic rings. The van der Waals surface area contributed by atoms with Crippen molar-refractivity contribution in [3.63, 3.8) is 0 Å². The predicted octanol–water partition coefficient (Wildman–Crippen LogP) is 2.55. The van der Waals surface area contributed by atoms with Gasteiger partial charge in [-0.25, -0.2) is 4.79 Å². The summed E-state index contributed by atoms with van der Waals surface area (Å²) in [5.41, 5.74) is 0.525. The van der Waals surface area contributed by atoms with Crippen LogP contribution in [0.4, 0.5) is 0 Å². The van der Waals surface area contributed by atoms with Gasteiger partial charge in [0.1, 0.15) is 6.61 Å². The third-order valence-electron chi connectivity index (χ3n) is 6.49. The lowest BCUT2D eigenvalue weighted by atomic mass is 10.2. The molecule has 1 aromatic rings. The summed E-state index contributed by atoms with van der Waals surface area (Å²) in [6, 6.07) is 8.85. The molecule has 278 valence electrons. The molecule has 1 heterocycles.